The van der Waals surface area contributed by atoms with Gasteiger partial charge in [0.2, 0.25) is 5.91 Å². The normalized spacial score (nSPS) is 12.9. The molecule has 0 radical (unpaired) electrons. The summed E-state index contributed by atoms with van der Waals surface area (Å²) in [6.07, 6.45) is 3.08. The Labute approximate surface area is 184 Å². The first-order chi connectivity index (χ1) is 14.5. The molecule has 4 nitrogen and oxygen atoms in total. The fourth-order valence-corrected chi connectivity index (χ4v) is 4.50. The second-order valence-electron chi connectivity index (χ2n) is 8.04. The van der Waals surface area contributed by atoms with Gasteiger partial charge in [-0.05, 0) is 71.7 Å². The van der Waals surface area contributed by atoms with Gasteiger partial charge in [-0.3, -0.25) is 9.59 Å². The highest BCUT2D eigenvalue weighted by atomic mass is 32.2. The Morgan fingerprint density at radius 2 is 1.80 bits per heavy atom. The van der Waals surface area contributed by atoms with E-state index in [1.807, 2.05) is 54.8 Å². The largest absolute Gasteiger partial charge is 0.352 e. The first-order valence-corrected chi connectivity index (χ1v) is 12.1. The molecule has 0 aliphatic carbocycles. The minimum atomic E-state index is -0.0150. The molecule has 0 spiro atoms. The molecule has 0 unspecified atom stereocenters. The van der Waals surface area contributed by atoms with Gasteiger partial charge in [-0.2, -0.15) is 11.8 Å². The maximum absolute atomic E-state index is 12.4. The Hall–Kier alpha value is -2.27. The van der Waals surface area contributed by atoms with Crippen molar-refractivity contribution in [1.82, 2.24) is 5.32 Å². The lowest BCUT2D eigenvalue weighted by Crippen LogP contribution is -2.32. The van der Waals surface area contributed by atoms with Crippen LogP contribution in [0, 0.1) is 5.92 Å². The number of thioether (sulfide) groups is 1. The van der Waals surface area contributed by atoms with E-state index in [2.05, 4.69) is 30.4 Å². The smallest absolute Gasteiger partial charge is 0.251 e. The SMILES string of the molecule is CCCSCCCNC(=O)c1ccc(-c2ccc3c(c2)CCN3C(=O)C(C)C)cc1. The van der Waals surface area contributed by atoms with E-state index in [0.29, 0.717) is 12.1 Å². The predicted molar refractivity (Wildman–Crippen MR) is 127 cm³/mol. The lowest BCUT2D eigenvalue weighted by Gasteiger charge is -2.19. The first kappa shape index (κ1) is 22.4. The topological polar surface area (TPSA) is 49.4 Å². The summed E-state index contributed by atoms with van der Waals surface area (Å²) >= 11 is 1.94. The van der Waals surface area contributed by atoms with E-state index in [9.17, 15) is 9.59 Å². The van der Waals surface area contributed by atoms with Crippen LogP contribution in [0.3, 0.4) is 0 Å². The van der Waals surface area contributed by atoms with Crippen molar-refractivity contribution >= 4 is 29.3 Å². The molecule has 1 heterocycles. The van der Waals surface area contributed by atoms with Gasteiger partial charge in [0.25, 0.3) is 5.91 Å². The summed E-state index contributed by atoms with van der Waals surface area (Å²) in [4.78, 5) is 26.6. The summed E-state index contributed by atoms with van der Waals surface area (Å²) in [7, 11) is 0. The zero-order valence-corrected chi connectivity index (χ0v) is 19.1. The standard InChI is InChI=1S/C25H32N2O2S/c1-4-15-30-16-5-13-26-24(28)20-8-6-19(7-9-20)21-10-11-23-22(17-21)12-14-27(23)25(29)18(2)3/h6-11,17-18H,4-5,12-16H2,1-3H3,(H,26,28). The lowest BCUT2D eigenvalue weighted by molar-refractivity contribution is -0.121. The third kappa shape index (κ3) is 5.45. The highest BCUT2D eigenvalue weighted by molar-refractivity contribution is 7.99. The summed E-state index contributed by atoms with van der Waals surface area (Å²) in [6, 6.07) is 14.1. The number of fused-ring (bicyclic) bond motifs is 1. The van der Waals surface area contributed by atoms with Gasteiger partial charge in [-0.25, -0.2) is 0 Å². The molecule has 1 N–H and O–H groups in total. The molecule has 2 amide bonds. The minimum Gasteiger partial charge on any atom is -0.352 e. The average molecular weight is 425 g/mol. The summed E-state index contributed by atoms with van der Waals surface area (Å²) in [5.74, 6) is 2.44. The number of carbonyl (C=O) groups excluding carboxylic acids is 2. The molecule has 1 aliphatic rings. The second-order valence-corrected chi connectivity index (χ2v) is 9.26. The van der Waals surface area contributed by atoms with E-state index < -0.39 is 0 Å². The van der Waals surface area contributed by atoms with Crippen molar-refractivity contribution in [2.75, 3.05) is 29.5 Å². The van der Waals surface area contributed by atoms with Crippen LogP contribution >= 0.6 is 11.8 Å². The van der Waals surface area contributed by atoms with E-state index in [1.165, 1.54) is 17.7 Å². The van der Waals surface area contributed by atoms with E-state index in [-0.39, 0.29) is 17.7 Å². The van der Waals surface area contributed by atoms with Crippen molar-refractivity contribution in [1.29, 1.82) is 0 Å². The molecule has 0 saturated heterocycles. The van der Waals surface area contributed by atoms with Gasteiger partial charge in [0.1, 0.15) is 0 Å². The van der Waals surface area contributed by atoms with Crippen molar-refractivity contribution in [3.63, 3.8) is 0 Å². The zero-order valence-electron chi connectivity index (χ0n) is 18.2. The molecule has 1 aliphatic heterocycles. The molecule has 0 fully saturated rings. The van der Waals surface area contributed by atoms with E-state index >= 15 is 0 Å². The maximum atomic E-state index is 12.4. The van der Waals surface area contributed by atoms with Crippen molar-refractivity contribution in [2.24, 2.45) is 5.92 Å². The van der Waals surface area contributed by atoms with Crippen LogP contribution in [0.15, 0.2) is 42.5 Å². The van der Waals surface area contributed by atoms with Crippen molar-refractivity contribution in [3.8, 4) is 11.1 Å². The zero-order chi connectivity index (χ0) is 21.5. The summed E-state index contributed by atoms with van der Waals surface area (Å²) < 4.78 is 0. The maximum Gasteiger partial charge on any atom is 0.251 e. The van der Waals surface area contributed by atoms with Crippen molar-refractivity contribution < 1.29 is 9.59 Å². The fourth-order valence-electron chi connectivity index (χ4n) is 3.66. The Kier molecular flexibility index (Phi) is 7.97. The number of nitrogens with zero attached hydrogens (tertiary/aromatic N) is 1. The molecular weight excluding hydrogens is 392 g/mol. The van der Waals surface area contributed by atoms with E-state index in [4.69, 9.17) is 0 Å². The fraction of sp³-hybridized carbons (Fsp3) is 0.440. The van der Waals surface area contributed by atoms with E-state index in [1.54, 1.807) is 0 Å². The molecule has 2 aromatic rings. The number of nitrogens with one attached hydrogen (secondary N) is 1. The van der Waals surface area contributed by atoms with Gasteiger partial charge in [0, 0.05) is 30.3 Å². The highest BCUT2D eigenvalue weighted by Gasteiger charge is 2.26. The number of hydrogen-bond acceptors (Lipinski definition) is 3. The number of amides is 2. The van der Waals surface area contributed by atoms with Gasteiger partial charge in [0.05, 0.1) is 0 Å². The predicted octanol–water partition coefficient (Wildman–Crippen LogP) is 5.16. The molecule has 0 aromatic heterocycles. The van der Waals surface area contributed by atoms with Crippen LogP contribution < -0.4 is 10.2 Å². The Morgan fingerprint density at radius 3 is 2.50 bits per heavy atom. The van der Waals surface area contributed by atoms with Crippen LogP contribution in [0.25, 0.3) is 11.1 Å². The molecule has 0 bridgehead atoms. The van der Waals surface area contributed by atoms with Crippen LogP contribution in [0.4, 0.5) is 5.69 Å². The molecule has 3 rings (SSSR count). The van der Waals surface area contributed by atoms with Crippen LogP contribution in [0.2, 0.25) is 0 Å². The molecule has 30 heavy (non-hydrogen) atoms. The summed E-state index contributed by atoms with van der Waals surface area (Å²) in [6.45, 7) is 7.54. The monoisotopic (exact) mass is 424 g/mol. The van der Waals surface area contributed by atoms with Crippen LogP contribution in [-0.2, 0) is 11.2 Å². The second kappa shape index (κ2) is 10.7. The van der Waals surface area contributed by atoms with Crippen molar-refractivity contribution in [2.45, 2.75) is 40.0 Å². The Balaban J connectivity index is 1.60. The quantitative estimate of drug-likeness (QED) is 0.566. The van der Waals surface area contributed by atoms with Crippen LogP contribution in [-0.4, -0.2) is 36.4 Å². The molecule has 5 heteroatoms. The van der Waals surface area contributed by atoms with E-state index in [0.717, 1.165) is 42.0 Å². The summed E-state index contributed by atoms with van der Waals surface area (Å²) in [5, 5.41) is 3.00. The number of benzene rings is 2. The van der Waals surface area contributed by atoms with Gasteiger partial charge < -0.3 is 10.2 Å². The number of anilines is 1. The molecule has 160 valence electrons. The van der Waals surface area contributed by atoms with Gasteiger partial charge in [-0.15, -0.1) is 0 Å². The molecule has 0 saturated carbocycles. The van der Waals surface area contributed by atoms with Gasteiger partial charge >= 0.3 is 0 Å². The molecule has 0 atom stereocenters. The highest BCUT2D eigenvalue weighted by Crippen LogP contribution is 2.33. The van der Waals surface area contributed by atoms with Crippen LogP contribution in [0.1, 0.15) is 49.5 Å². The number of carbonyl (C=O) groups is 2. The molecular formula is C25H32N2O2S. The Bertz CT molecular complexity index is 877. The lowest BCUT2D eigenvalue weighted by atomic mass is 10.0. The number of rotatable bonds is 9. The van der Waals surface area contributed by atoms with Gasteiger partial charge in [-0.1, -0.05) is 39.0 Å². The number of hydrogen-bond donors (Lipinski definition) is 1. The first-order valence-electron chi connectivity index (χ1n) is 10.9. The average Bonchev–Trinajstić information content (AvgIpc) is 3.18. The minimum absolute atomic E-state index is 0.00409. The molecule has 2 aromatic carbocycles. The van der Waals surface area contributed by atoms with Crippen LogP contribution in [0.5, 0.6) is 0 Å². The summed E-state index contributed by atoms with van der Waals surface area (Å²) in [5.41, 5.74) is 5.14. The van der Waals surface area contributed by atoms with Crippen molar-refractivity contribution in [3.05, 3.63) is 53.6 Å². The van der Waals surface area contributed by atoms with Gasteiger partial charge in [0.15, 0.2) is 0 Å². The third-order valence-corrected chi connectivity index (χ3v) is 6.59. The Morgan fingerprint density at radius 1 is 1.07 bits per heavy atom. The third-order valence-electron chi connectivity index (χ3n) is 5.31.